The van der Waals surface area contributed by atoms with Gasteiger partial charge in [0, 0.05) is 17.2 Å². The molecule has 3 aliphatic heterocycles. The Bertz CT molecular complexity index is 820. The number of hydrogen-bond acceptors (Lipinski definition) is 2. The van der Waals surface area contributed by atoms with Crippen LogP contribution in [0.2, 0.25) is 0 Å². The van der Waals surface area contributed by atoms with Gasteiger partial charge in [0.2, 0.25) is 0 Å². The van der Waals surface area contributed by atoms with Crippen LogP contribution in [0.4, 0.5) is 5.69 Å². The summed E-state index contributed by atoms with van der Waals surface area (Å²) in [6, 6.07) is 12.1. The van der Waals surface area contributed by atoms with Gasteiger partial charge in [-0.25, -0.2) is 0 Å². The van der Waals surface area contributed by atoms with Crippen molar-refractivity contribution in [3.63, 3.8) is 0 Å². The number of nitrogens with zero attached hydrogens (tertiary/aromatic N) is 2. The summed E-state index contributed by atoms with van der Waals surface area (Å²) in [5, 5.41) is 0. The molecule has 1 atom stereocenters. The first-order valence-electron chi connectivity index (χ1n) is 9.34. The van der Waals surface area contributed by atoms with Gasteiger partial charge in [-0.3, -0.25) is 4.98 Å². The summed E-state index contributed by atoms with van der Waals surface area (Å²) >= 11 is 0. The number of aromatic nitrogens is 1. The molecule has 1 saturated carbocycles. The first-order chi connectivity index (χ1) is 11.5. The second-order valence-corrected chi connectivity index (χ2v) is 8.29. The largest absolute Gasteiger partial charge is 0.356 e. The zero-order valence-electron chi connectivity index (χ0n) is 15.2. The first kappa shape index (κ1) is 14.5. The van der Waals surface area contributed by atoms with Gasteiger partial charge in [-0.2, -0.15) is 0 Å². The smallest absolute Gasteiger partial charge is 0.0661 e. The van der Waals surface area contributed by atoms with Gasteiger partial charge in [-0.15, -0.1) is 0 Å². The maximum absolute atomic E-state index is 4.82. The molecule has 3 fully saturated rings. The van der Waals surface area contributed by atoms with Crippen LogP contribution in [0, 0.1) is 20.8 Å². The maximum Gasteiger partial charge on any atom is 0.0661 e. The number of hydrogen-bond donors (Lipinski definition) is 0. The van der Waals surface area contributed by atoms with Crippen LogP contribution in [0.15, 0.2) is 30.3 Å². The number of rotatable bonds is 1. The standard InChI is InChI=1S/C22H26N2/c1-14-13-15(2)23-16(3)20(14)24-17(4)21-9-11-22(24,12-10-21)19-8-6-5-7-18(19)21/h5-8,13,17H,9-12H2,1-4H3/t17-,21?,22?/m0/s1. The zero-order valence-corrected chi connectivity index (χ0v) is 15.2. The third-order valence-electron chi connectivity index (χ3n) is 7.31. The third kappa shape index (κ3) is 1.46. The average Bonchev–Trinajstić information content (AvgIpc) is 2.57. The van der Waals surface area contributed by atoms with Crippen molar-refractivity contribution >= 4 is 5.69 Å². The monoisotopic (exact) mass is 318 g/mol. The highest BCUT2D eigenvalue weighted by Crippen LogP contribution is 2.66. The Hall–Kier alpha value is -1.83. The Kier molecular flexibility index (Phi) is 2.67. The fourth-order valence-electron chi connectivity index (χ4n) is 6.39. The van der Waals surface area contributed by atoms with E-state index >= 15 is 0 Å². The summed E-state index contributed by atoms with van der Waals surface area (Å²) in [7, 11) is 0. The van der Waals surface area contributed by atoms with Crippen LogP contribution in [-0.2, 0) is 11.0 Å². The van der Waals surface area contributed by atoms with Crippen molar-refractivity contribution < 1.29 is 0 Å². The van der Waals surface area contributed by atoms with Gasteiger partial charge in [-0.05, 0) is 76.1 Å². The minimum Gasteiger partial charge on any atom is -0.356 e. The lowest BCUT2D eigenvalue weighted by atomic mass is 9.47. The summed E-state index contributed by atoms with van der Waals surface area (Å²) in [4.78, 5) is 7.60. The highest BCUT2D eigenvalue weighted by atomic mass is 15.3. The first-order valence-corrected chi connectivity index (χ1v) is 9.34. The molecule has 0 spiro atoms. The van der Waals surface area contributed by atoms with Crippen molar-refractivity contribution in [2.75, 3.05) is 4.90 Å². The van der Waals surface area contributed by atoms with Crippen LogP contribution in [-0.4, -0.2) is 11.0 Å². The normalized spacial score (nSPS) is 33.0. The lowest BCUT2D eigenvalue weighted by Crippen LogP contribution is -2.72. The van der Waals surface area contributed by atoms with E-state index < -0.39 is 0 Å². The summed E-state index contributed by atoms with van der Waals surface area (Å²) in [5.41, 5.74) is 8.86. The lowest BCUT2D eigenvalue weighted by Gasteiger charge is -2.70. The molecule has 2 saturated heterocycles. The van der Waals surface area contributed by atoms with E-state index in [1.807, 2.05) is 0 Å². The van der Waals surface area contributed by atoms with Crippen molar-refractivity contribution in [2.45, 2.75) is 70.4 Å². The summed E-state index contributed by atoms with van der Waals surface area (Å²) in [5.74, 6) is 0. The number of piperidine rings is 2. The molecule has 4 heterocycles. The van der Waals surface area contributed by atoms with Gasteiger partial charge in [0.1, 0.15) is 0 Å². The number of benzene rings is 1. The van der Waals surface area contributed by atoms with Crippen LogP contribution in [0.1, 0.15) is 60.7 Å². The molecule has 0 N–H and O–H groups in total. The molecule has 3 aliphatic carbocycles. The van der Waals surface area contributed by atoms with Gasteiger partial charge >= 0.3 is 0 Å². The molecule has 6 aliphatic rings. The molecular formula is C22H26N2. The Morgan fingerprint density at radius 2 is 1.67 bits per heavy atom. The zero-order chi connectivity index (χ0) is 16.7. The summed E-state index contributed by atoms with van der Waals surface area (Å²) in [6.07, 6.45) is 5.28. The molecule has 8 rings (SSSR count). The molecule has 0 amide bonds. The van der Waals surface area contributed by atoms with E-state index in [9.17, 15) is 0 Å². The van der Waals surface area contributed by atoms with Gasteiger partial charge in [0.15, 0.2) is 0 Å². The average molecular weight is 318 g/mol. The van der Waals surface area contributed by atoms with Crippen LogP contribution < -0.4 is 4.90 Å². The van der Waals surface area contributed by atoms with Crippen LogP contribution >= 0.6 is 0 Å². The Balaban J connectivity index is 1.80. The SMILES string of the molecule is Cc1cc(C)c(N2[C@@H](C)C34CCC2(CC3)c2ccccc24)c(C)n1. The van der Waals surface area contributed by atoms with Crippen molar-refractivity contribution in [3.05, 3.63) is 58.4 Å². The van der Waals surface area contributed by atoms with Gasteiger partial charge in [-0.1, -0.05) is 24.3 Å². The maximum atomic E-state index is 4.82. The van der Waals surface area contributed by atoms with E-state index in [-0.39, 0.29) is 5.54 Å². The van der Waals surface area contributed by atoms with Gasteiger partial charge in [0.25, 0.3) is 0 Å². The molecule has 2 nitrogen and oxygen atoms in total. The molecule has 24 heavy (non-hydrogen) atoms. The molecular weight excluding hydrogens is 292 g/mol. The minimum absolute atomic E-state index is 0.183. The number of pyridine rings is 1. The van der Waals surface area contributed by atoms with Crippen LogP contribution in [0.25, 0.3) is 0 Å². The molecule has 1 aromatic heterocycles. The molecule has 124 valence electrons. The van der Waals surface area contributed by atoms with E-state index in [1.54, 1.807) is 11.1 Å². The molecule has 2 bridgehead atoms. The fraction of sp³-hybridized carbons (Fsp3) is 0.500. The summed E-state index contributed by atoms with van der Waals surface area (Å²) < 4.78 is 0. The Labute approximate surface area is 144 Å². The fourth-order valence-corrected chi connectivity index (χ4v) is 6.39. The van der Waals surface area contributed by atoms with E-state index in [4.69, 9.17) is 4.98 Å². The topological polar surface area (TPSA) is 16.1 Å². The Morgan fingerprint density at radius 1 is 1.00 bits per heavy atom. The predicted octanol–water partition coefficient (Wildman–Crippen LogP) is 4.94. The second kappa shape index (κ2) is 4.41. The van der Waals surface area contributed by atoms with Crippen molar-refractivity contribution in [3.8, 4) is 0 Å². The quantitative estimate of drug-likeness (QED) is 0.740. The van der Waals surface area contributed by atoms with Crippen molar-refractivity contribution in [2.24, 2.45) is 0 Å². The summed E-state index contributed by atoms with van der Waals surface area (Å²) in [6.45, 7) is 9.02. The molecule has 0 radical (unpaired) electrons. The molecule has 2 heteroatoms. The van der Waals surface area contributed by atoms with E-state index in [1.165, 1.54) is 42.6 Å². The lowest BCUT2D eigenvalue weighted by molar-refractivity contribution is 0.0552. The molecule has 1 aromatic carbocycles. The van der Waals surface area contributed by atoms with Crippen LogP contribution in [0.5, 0.6) is 0 Å². The third-order valence-corrected chi connectivity index (χ3v) is 7.31. The Morgan fingerprint density at radius 3 is 2.33 bits per heavy atom. The van der Waals surface area contributed by atoms with E-state index in [2.05, 4.69) is 62.9 Å². The highest BCUT2D eigenvalue weighted by Gasteiger charge is 2.64. The molecule has 2 aromatic rings. The molecule has 0 unspecified atom stereocenters. The number of aryl methyl sites for hydroxylation is 3. The van der Waals surface area contributed by atoms with Gasteiger partial charge < -0.3 is 4.90 Å². The predicted molar refractivity (Wildman–Crippen MR) is 98.7 cm³/mol. The second-order valence-electron chi connectivity index (χ2n) is 8.29. The van der Waals surface area contributed by atoms with E-state index in [0.717, 1.165) is 5.69 Å². The van der Waals surface area contributed by atoms with Gasteiger partial charge in [0.05, 0.1) is 16.9 Å². The van der Waals surface area contributed by atoms with E-state index in [0.29, 0.717) is 11.5 Å². The van der Waals surface area contributed by atoms with Crippen molar-refractivity contribution in [1.82, 2.24) is 4.98 Å². The number of anilines is 1. The minimum atomic E-state index is 0.183. The highest BCUT2D eigenvalue weighted by molar-refractivity contribution is 5.67. The van der Waals surface area contributed by atoms with Crippen molar-refractivity contribution in [1.29, 1.82) is 0 Å². The van der Waals surface area contributed by atoms with Crippen LogP contribution in [0.3, 0.4) is 0 Å².